The maximum atomic E-state index is 6.50. The summed E-state index contributed by atoms with van der Waals surface area (Å²) >= 11 is 0. The van der Waals surface area contributed by atoms with Crippen molar-refractivity contribution in [2.24, 2.45) is 0 Å². The molecule has 0 saturated heterocycles. The molecule has 0 spiro atoms. The highest BCUT2D eigenvalue weighted by Gasteiger charge is 2.48. The van der Waals surface area contributed by atoms with E-state index in [0.717, 1.165) is 36.8 Å². The van der Waals surface area contributed by atoms with Crippen molar-refractivity contribution in [2.75, 3.05) is 0 Å². The largest absolute Gasteiger partial charge is 0.456 e. The molecule has 3 heterocycles. The first-order chi connectivity index (χ1) is 17.6. The van der Waals surface area contributed by atoms with Crippen LogP contribution in [0.4, 0.5) is 0 Å². The first-order valence-electron chi connectivity index (χ1n) is 14.7. The van der Waals surface area contributed by atoms with E-state index in [2.05, 4.69) is 95.6 Å². The lowest BCUT2D eigenvalue weighted by Crippen LogP contribution is -2.57. The number of hydrogen-bond acceptors (Lipinski definition) is 1. The molecular formula is C35H44NO+. The number of furan rings is 1. The summed E-state index contributed by atoms with van der Waals surface area (Å²) in [5.41, 5.74) is 11.3. The van der Waals surface area contributed by atoms with Gasteiger partial charge in [0.1, 0.15) is 11.2 Å². The molecule has 37 heavy (non-hydrogen) atoms. The summed E-state index contributed by atoms with van der Waals surface area (Å²) in [6.45, 7) is 16.8. The standard InChI is InChI=1S/C35H44NO/c1-8-11-12-23-13-14-25-27-19-26-24(18-32(27)37-31(25)17-23)15-16-35(9-2,10-3)36-21-29-28(20-30(26)36)33(4,5)22-34(29,6)7/h13-14,17-21H,8-12,15-16,22H2,1-7H3/q+1. The average Bonchev–Trinajstić information content (AvgIpc) is 3.26. The second kappa shape index (κ2) is 8.45. The van der Waals surface area contributed by atoms with Crippen LogP contribution < -0.4 is 4.57 Å². The van der Waals surface area contributed by atoms with Gasteiger partial charge in [0, 0.05) is 41.7 Å². The second-order valence-electron chi connectivity index (χ2n) is 13.3. The number of fused-ring (bicyclic) bond motifs is 7. The van der Waals surface area contributed by atoms with Gasteiger partial charge in [0.05, 0.1) is 5.56 Å². The van der Waals surface area contributed by atoms with E-state index in [1.54, 1.807) is 5.56 Å². The lowest BCUT2D eigenvalue weighted by atomic mass is 9.82. The molecule has 0 N–H and O–H groups in total. The van der Waals surface area contributed by atoms with E-state index in [4.69, 9.17) is 4.42 Å². The molecule has 0 fully saturated rings. The first-order valence-corrected chi connectivity index (χ1v) is 14.7. The van der Waals surface area contributed by atoms with Crippen LogP contribution in [0.5, 0.6) is 0 Å². The van der Waals surface area contributed by atoms with Crippen LogP contribution in [0.1, 0.15) is 109 Å². The highest BCUT2D eigenvalue weighted by molar-refractivity contribution is 6.06. The minimum absolute atomic E-state index is 0.142. The van der Waals surface area contributed by atoms with E-state index in [-0.39, 0.29) is 16.4 Å². The third-order valence-corrected chi connectivity index (χ3v) is 9.97. The molecule has 0 unspecified atom stereocenters. The summed E-state index contributed by atoms with van der Waals surface area (Å²) in [4.78, 5) is 0. The quantitative estimate of drug-likeness (QED) is 0.253. The molecule has 1 aliphatic carbocycles. The monoisotopic (exact) mass is 494 g/mol. The van der Waals surface area contributed by atoms with Crippen LogP contribution in [0.2, 0.25) is 0 Å². The Morgan fingerprint density at radius 3 is 2.30 bits per heavy atom. The number of benzene rings is 2. The van der Waals surface area contributed by atoms with Crippen molar-refractivity contribution in [1.82, 2.24) is 0 Å². The molecule has 0 saturated carbocycles. The molecule has 0 amide bonds. The van der Waals surface area contributed by atoms with Crippen LogP contribution in [-0.2, 0) is 29.2 Å². The molecule has 4 aromatic rings. The van der Waals surface area contributed by atoms with E-state index in [9.17, 15) is 0 Å². The van der Waals surface area contributed by atoms with E-state index in [1.807, 2.05) is 0 Å². The Morgan fingerprint density at radius 1 is 0.838 bits per heavy atom. The normalized spacial score (nSPS) is 19.0. The van der Waals surface area contributed by atoms with Crippen LogP contribution in [0.3, 0.4) is 0 Å². The lowest BCUT2D eigenvalue weighted by molar-refractivity contribution is -0.757. The Balaban J connectivity index is 1.62. The minimum Gasteiger partial charge on any atom is -0.456 e. The Morgan fingerprint density at radius 2 is 1.57 bits per heavy atom. The third-order valence-electron chi connectivity index (χ3n) is 9.97. The third kappa shape index (κ3) is 3.69. The predicted octanol–water partition coefficient (Wildman–Crippen LogP) is 9.30. The maximum Gasteiger partial charge on any atom is 0.213 e. The van der Waals surface area contributed by atoms with E-state index < -0.39 is 0 Å². The lowest BCUT2D eigenvalue weighted by Gasteiger charge is -2.28. The van der Waals surface area contributed by atoms with Gasteiger partial charge in [-0.3, -0.25) is 0 Å². The molecule has 1 aliphatic heterocycles. The van der Waals surface area contributed by atoms with Gasteiger partial charge in [-0.1, -0.05) is 67.0 Å². The predicted molar refractivity (Wildman–Crippen MR) is 156 cm³/mol. The molecule has 0 atom stereocenters. The highest BCUT2D eigenvalue weighted by atomic mass is 16.3. The second-order valence-corrected chi connectivity index (χ2v) is 13.3. The van der Waals surface area contributed by atoms with Gasteiger partial charge in [0.25, 0.3) is 0 Å². The molecule has 194 valence electrons. The zero-order chi connectivity index (χ0) is 26.2. The number of pyridine rings is 1. The molecule has 0 bridgehead atoms. The van der Waals surface area contributed by atoms with Crippen LogP contribution in [0.25, 0.3) is 33.2 Å². The molecule has 2 heteroatoms. The van der Waals surface area contributed by atoms with E-state index in [1.165, 1.54) is 64.4 Å². The molecule has 2 aromatic carbocycles. The SMILES string of the molecule is CCCCc1ccc2c(c1)oc1cc3c(cc12)-c1cc2c(c[n+]1C(CC)(CC)CC3)C(C)(C)CC2(C)C. The van der Waals surface area contributed by atoms with Crippen LogP contribution in [-0.4, -0.2) is 0 Å². The molecule has 2 aliphatic rings. The van der Waals surface area contributed by atoms with Gasteiger partial charge in [-0.15, -0.1) is 0 Å². The Labute approximate surface area is 223 Å². The number of aryl methyl sites for hydroxylation is 2. The van der Waals surface area contributed by atoms with Gasteiger partial charge in [0.2, 0.25) is 5.69 Å². The molecule has 0 radical (unpaired) electrons. The highest BCUT2D eigenvalue weighted by Crippen LogP contribution is 2.51. The van der Waals surface area contributed by atoms with Gasteiger partial charge >= 0.3 is 0 Å². The van der Waals surface area contributed by atoms with Crippen molar-refractivity contribution in [3.63, 3.8) is 0 Å². The van der Waals surface area contributed by atoms with Crippen molar-refractivity contribution >= 4 is 21.9 Å². The zero-order valence-corrected chi connectivity index (χ0v) is 24.1. The fourth-order valence-corrected chi connectivity index (χ4v) is 7.87. The minimum atomic E-state index is 0.142. The summed E-state index contributed by atoms with van der Waals surface area (Å²) in [6.07, 6.45) is 11.9. The number of hydrogen-bond donors (Lipinski definition) is 0. The molecular weight excluding hydrogens is 450 g/mol. The molecule has 2 aromatic heterocycles. The Hall–Kier alpha value is -2.61. The summed E-state index contributed by atoms with van der Waals surface area (Å²) < 4.78 is 9.21. The Bertz CT molecular complexity index is 1510. The van der Waals surface area contributed by atoms with Gasteiger partial charge in [-0.25, -0.2) is 0 Å². The van der Waals surface area contributed by atoms with Crippen molar-refractivity contribution in [2.45, 2.75) is 116 Å². The summed E-state index contributed by atoms with van der Waals surface area (Å²) in [7, 11) is 0. The van der Waals surface area contributed by atoms with Crippen LogP contribution in [0.15, 0.2) is 47.0 Å². The zero-order valence-electron chi connectivity index (χ0n) is 24.1. The van der Waals surface area contributed by atoms with Crippen molar-refractivity contribution in [1.29, 1.82) is 0 Å². The number of nitrogens with zero attached hydrogens (tertiary/aromatic N) is 1. The summed E-state index contributed by atoms with van der Waals surface area (Å²) in [6, 6.07) is 14.3. The van der Waals surface area contributed by atoms with Gasteiger partial charge in [-0.2, -0.15) is 4.57 Å². The van der Waals surface area contributed by atoms with Crippen molar-refractivity contribution in [3.8, 4) is 11.3 Å². The average molecular weight is 495 g/mol. The van der Waals surface area contributed by atoms with E-state index in [0.29, 0.717) is 0 Å². The van der Waals surface area contributed by atoms with Crippen molar-refractivity contribution < 1.29 is 8.98 Å². The van der Waals surface area contributed by atoms with Crippen LogP contribution in [0, 0.1) is 0 Å². The fourth-order valence-electron chi connectivity index (χ4n) is 7.87. The number of unbranched alkanes of at least 4 members (excludes halogenated alkanes) is 1. The molecule has 6 rings (SSSR count). The van der Waals surface area contributed by atoms with Crippen molar-refractivity contribution in [3.05, 3.63) is 64.8 Å². The molecule has 2 nitrogen and oxygen atoms in total. The van der Waals surface area contributed by atoms with Gasteiger partial charge in [-0.05, 0) is 71.4 Å². The number of aromatic nitrogens is 1. The van der Waals surface area contributed by atoms with Gasteiger partial charge in [0.15, 0.2) is 11.7 Å². The Kier molecular flexibility index (Phi) is 5.64. The topological polar surface area (TPSA) is 17.0 Å². The van der Waals surface area contributed by atoms with E-state index >= 15 is 0 Å². The summed E-state index contributed by atoms with van der Waals surface area (Å²) in [5, 5.41) is 2.50. The fraction of sp³-hybridized carbons (Fsp3) is 0.514. The number of rotatable bonds is 5. The van der Waals surface area contributed by atoms with Gasteiger partial charge < -0.3 is 4.42 Å². The smallest absolute Gasteiger partial charge is 0.213 e. The summed E-state index contributed by atoms with van der Waals surface area (Å²) in [5.74, 6) is 0. The van der Waals surface area contributed by atoms with Crippen LogP contribution >= 0.6 is 0 Å². The maximum absolute atomic E-state index is 6.50. The first kappa shape index (κ1) is 24.7.